The maximum Gasteiger partial charge on any atom is 0.235 e. The Bertz CT molecular complexity index is 112. The number of nitrogens with zero attached hydrogens (tertiary/aromatic N) is 1. The summed E-state index contributed by atoms with van der Waals surface area (Å²) in [5.74, 6) is 0. The summed E-state index contributed by atoms with van der Waals surface area (Å²) >= 11 is 0. The Morgan fingerprint density at radius 2 is 2.62 bits per heavy atom. The average molecular weight is 113 g/mol. The van der Waals surface area contributed by atoms with Crippen molar-refractivity contribution in [2.45, 2.75) is 12.5 Å². The maximum atomic E-state index is 9.61. The zero-order valence-corrected chi connectivity index (χ0v) is 4.46. The monoisotopic (exact) mass is 113 g/mol. The molecule has 1 aliphatic rings. The van der Waals surface area contributed by atoms with E-state index in [9.17, 15) is 4.79 Å². The molecule has 1 fully saturated rings. The van der Waals surface area contributed by atoms with Gasteiger partial charge in [0, 0.05) is 6.61 Å². The van der Waals surface area contributed by atoms with Crippen LogP contribution in [0.3, 0.4) is 0 Å². The van der Waals surface area contributed by atoms with Gasteiger partial charge in [0.1, 0.15) is 0 Å². The van der Waals surface area contributed by atoms with E-state index in [-0.39, 0.29) is 6.04 Å². The van der Waals surface area contributed by atoms with Gasteiger partial charge in [-0.15, -0.1) is 0 Å². The first kappa shape index (κ1) is 5.48. The van der Waals surface area contributed by atoms with Crippen LogP contribution in [-0.2, 0) is 9.53 Å². The summed E-state index contributed by atoms with van der Waals surface area (Å²) in [6.45, 7) is 1.32. The molecule has 1 heterocycles. The number of hydrogen-bond acceptors (Lipinski definition) is 3. The Hall–Kier alpha value is -0.660. The molecule has 1 rings (SSSR count). The van der Waals surface area contributed by atoms with Crippen LogP contribution >= 0.6 is 0 Å². The number of aliphatic imine (C=N–C) groups is 1. The highest BCUT2D eigenvalue weighted by atomic mass is 16.5. The Morgan fingerprint density at radius 1 is 1.75 bits per heavy atom. The zero-order chi connectivity index (χ0) is 5.82. The molecular weight excluding hydrogens is 106 g/mol. The van der Waals surface area contributed by atoms with E-state index in [0.29, 0.717) is 6.61 Å². The fraction of sp³-hybridized carbons (Fsp3) is 0.800. The first-order valence-corrected chi connectivity index (χ1v) is 2.58. The predicted molar refractivity (Wildman–Crippen MR) is 27.3 cm³/mol. The fourth-order valence-electron chi connectivity index (χ4n) is 0.698. The Kier molecular flexibility index (Phi) is 1.78. The predicted octanol–water partition coefficient (Wildman–Crippen LogP) is 0.111. The van der Waals surface area contributed by atoms with Crippen LogP contribution in [0.4, 0.5) is 0 Å². The summed E-state index contributed by atoms with van der Waals surface area (Å²) in [6, 6.07) is 0.0903. The molecule has 0 spiro atoms. The molecule has 0 radical (unpaired) electrons. The summed E-state index contributed by atoms with van der Waals surface area (Å²) in [5.41, 5.74) is 0. The third-order valence-corrected chi connectivity index (χ3v) is 1.14. The van der Waals surface area contributed by atoms with Crippen LogP contribution in [0.1, 0.15) is 6.42 Å². The summed E-state index contributed by atoms with van der Waals surface area (Å²) < 4.78 is 4.94. The van der Waals surface area contributed by atoms with Gasteiger partial charge in [0.05, 0.1) is 12.6 Å². The molecule has 0 N–H and O–H groups in total. The first-order valence-electron chi connectivity index (χ1n) is 2.58. The molecule has 44 valence electrons. The summed E-state index contributed by atoms with van der Waals surface area (Å²) in [7, 11) is 0. The largest absolute Gasteiger partial charge is 0.379 e. The highest BCUT2D eigenvalue weighted by Gasteiger charge is 2.12. The van der Waals surface area contributed by atoms with E-state index in [0.717, 1.165) is 13.0 Å². The van der Waals surface area contributed by atoms with Crippen LogP contribution in [0.15, 0.2) is 4.99 Å². The van der Waals surface area contributed by atoms with Crippen LogP contribution in [0.25, 0.3) is 0 Å². The van der Waals surface area contributed by atoms with Crippen molar-refractivity contribution in [3.05, 3.63) is 0 Å². The van der Waals surface area contributed by atoms with Gasteiger partial charge in [-0.2, -0.15) is 0 Å². The van der Waals surface area contributed by atoms with Crippen molar-refractivity contribution in [2.24, 2.45) is 4.99 Å². The number of carbonyl (C=O) groups excluding carboxylic acids is 1. The summed E-state index contributed by atoms with van der Waals surface area (Å²) in [5, 5.41) is 0. The lowest BCUT2D eigenvalue weighted by Crippen LogP contribution is -2.00. The molecule has 0 aromatic rings. The summed E-state index contributed by atoms with van der Waals surface area (Å²) in [4.78, 5) is 13.1. The van der Waals surface area contributed by atoms with Gasteiger partial charge in [0.15, 0.2) is 0 Å². The van der Waals surface area contributed by atoms with E-state index >= 15 is 0 Å². The molecule has 8 heavy (non-hydrogen) atoms. The van der Waals surface area contributed by atoms with Gasteiger partial charge in [0.25, 0.3) is 0 Å². The van der Waals surface area contributed by atoms with Crippen molar-refractivity contribution in [2.75, 3.05) is 13.2 Å². The highest BCUT2D eigenvalue weighted by Crippen LogP contribution is 2.05. The van der Waals surface area contributed by atoms with Crippen LogP contribution < -0.4 is 0 Å². The van der Waals surface area contributed by atoms with Crippen molar-refractivity contribution in [3.8, 4) is 0 Å². The maximum absolute atomic E-state index is 9.61. The second-order valence-electron chi connectivity index (χ2n) is 1.74. The fourth-order valence-corrected chi connectivity index (χ4v) is 0.698. The Labute approximate surface area is 47.4 Å². The van der Waals surface area contributed by atoms with E-state index in [2.05, 4.69) is 4.99 Å². The number of rotatable bonds is 1. The lowest BCUT2D eigenvalue weighted by Gasteiger charge is -1.90. The third-order valence-electron chi connectivity index (χ3n) is 1.14. The van der Waals surface area contributed by atoms with Gasteiger partial charge in [-0.05, 0) is 6.42 Å². The standard InChI is InChI=1S/C5H7NO2/c7-4-6-5-1-2-8-3-5/h5H,1-3H2/t5-/m1/s1. The SMILES string of the molecule is O=C=N[C@@H]1CCOC1. The molecule has 0 bridgehead atoms. The number of isocyanates is 1. The van der Waals surface area contributed by atoms with Gasteiger partial charge < -0.3 is 4.74 Å². The van der Waals surface area contributed by atoms with Crippen molar-refractivity contribution < 1.29 is 9.53 Å². The van der Waals surface area contributed by atoms with Gasteiger partial charge in [-0.1, -0.05) is 0 Å². The number of ether oxygens (including phenoxy) is 1. The molecule has 3 nitrogen and oxygen atoms in total. The molecule has 0 unspecified atom stereocenters. The van der Waals surface area contributed by atoms with E-state index in [1.54, 1.807) is 0 Å². The third kappa shape index (κ3) is 1.15. The van der Waals surface area contributed by atoms with Gasteiger partial charge in [-0.3, -0.25) is 0 Å². The second kappa shape index (κ2) is 2.60. The molecular formula is C5H7NO2. The van der Waals surface area contributed by atoms with E-state index in [4.69, 9.17) is 4.74 Å². The van der Waals surface area contributed by atoms with Crippen molar-refractivity contribution in [1.82, 2.24) is 0 Å². The highest BCUT2D eigenvalue weighted by molar-refractivity contribution is 5.33. The number of hydrogen-bond donors (Lipinski definition) is 0. The second-order valence-corrected chi connectivity index (χ2v) is 1.74. The average Bonchev–Trinajstić information content (AvgIpc) is 2.19. The minimum atomic E-state index is 0.0903. The molecule has 0 aliphatic carbocycles. The Balaban J connectivity index is 2.35. The quantitative estimate of drug-likeness (QED) is 0.357. The molecule has 0 saturated carbocycles. The van der Waals surface area contributed by atoms with Gasteiger partial charge in [-0.25, -0.2) is 9.79 Å². The van der Waals surface area contributed by atoms with Crippen molar-refractivity contribution in [3.63, 3.8) is 0 Å². The van der Waals surface area contributed by atoms with Gasteiger partial charge in [0.2, 0.25) is 6.08 Å². The molecule has 0 aromatic heterocycles. The van der Waals surface area contributed by atoms with E-state index < -0.39 is 0 Å². The smallest absolute Gasteiger partial charge is 0.235 e. The minimum Gasteiger partial charge on any atom is -0.379 e. The first-order chi connectivity index (χ1) is 3.93. The molecule has 3 heteroatoms. The topological polar surface area (TPSA) is 38.7 Å². The van der Waals surface area contributed by atoms with Crippen molar-refractivity contribution in [1.29, 1.82) is 0 Å². The molecule has 0 amide bonds. The minimum absolute atomic E-state index is 0.0903. The van der Waals surface area contributed by atoms with Gasteiger partial charge >= 0.3 is 0 Å². The Morgan fingerprint density at radius 3 is 3.12 bits per heavy atom. The van der Waals surface area contributed by atoms with Crippen LogP contribution in [0, 0.1) is 0 Å². The molecule has 1 atom stereocenters. The lowest BCUT2D eigenvalue weighted by molar-refractivity contribution is 0.194. The zero-order valence-electron chi connectivity index (χ0n) is 4.46. The van der Waals surface area contributed by atoms with Crippen LogP contribution in [-0.4, -0.2) is 25.3 Å². The van der Waals surface area contributed by atoms with Crippen LogP contribution in [0.2, 0.25) is 0 Å². The van der Waals surface area contributed by atoms with E-state index in [1.807, 2.05) is 0 Å². The lowest BCUT2D eigenvalue weighted by atomic mass is 10.3. The molecule has 0 aromatic carbocycles. The molecule has 1 aliphatic heterocycles. The normalized spacial score (nSPS) is 27.2. The summed E-state index contributed by atoms with van der Waals surface area (Å²) in [6.07, 6.45) is 2.37. The van der Waals surface area contributed by atoms with Crippen molar-refractivity contribution >= 4 is 6.08 Å². The van der Waals surface area contributed by atoms with Crippen LogP contribution in [0.5, 0.6) is 0 Å². The molecule has 1 saturated heterocycles. The van der Waals surface area contributed by atoms with E-state index in [1.165, 1.54) is 6.08 Å².